The van der Waals surface area contributed by atoms with Gasteiger partial charge in [-0.3, -0.25) is 0 Å². The highest BCUT2D eigenvalue weighted by molar-refractivity contribution is 5.90. The number of rotatable bonds is 4. The molecule has 6 heteroatoms. The highest BCUT2D eigenvalue weighted by Crippen LogP contribution is 2.32. The Kier molecular flexibility index (Phi) is 3.33. The number of hydrogen-bond acceptors (Lipinski definition) is 5. The molecular weight excluding hydrogens is 202 g/mol. The number of methoxy groups -OCH3 is 3. The van der Waals surface area contributed by atoms with Crippen LogP contribution in [0.3, 0.4) is 0 Å². The van der Waals surface area contributed by atoms with Crippen molar-refractivity contribution in [3.05, 3.63) is 11.8 Å². The molecule has 0 spiro atoms. The topological polar surface area (TPSA) is 77.9 Å². The number of aromatic nitrogens is 1. The highest BCUT2D eigenvalue weighted by atomic mass is 16.5. The van der Waals surface area contributed by atoms with Gasteiger partial charge in [0.25, 0.3) is 0 Å². The van der Waals surface area contributed by atoms with Crippen LogP contribution < -0.4 is 14.2 Å². The average molecular weight is 213 g/mol. The van der Waals surface area contributed by atoms with Crippen molar-refractivity contribution in [2.75, 3.05) is 21.3 Å². The van der Waals surface area contributed by atoms with Gasteiger partial charge >= 0.3 is 5.97 Å². The fourth-order valence-electron chi connectivity index (χ4n) is 1.09. The first-order chi connectivity index (χ1) is 7.13. The molecule has 0 aromatic carbocycles. The summed E-state index contributed by atoms with van der Waals surface area (Å²) in [5.74, 6) is -0.707. The maximum absolute atomic E-state index is 10.9. The Bertz CT molecular complexity index is 377. The molecule has 0 aliphatic carbocycles. The minimum atomic E-state index is -1.20. The smallest absolute Gasteiger partial charge is 0.358 e. The molecule has 0 aliphatic heterocycles. The lowest BCUT2D eigenvalue weighted by atomic mass is 10.3. The second-order valence-corrected chi connectivity index (χ2v) is 2.55. The molecule has 1 rings (SSSR count). The zero-order chi connectivity index (χ0) is 11.4. The van der Waals surface area contributed by atoms with Crippen molar-refractivity contribution < 1.29 is 24.1 Å². The van der Waals surface area contributed by atoms with E-state index >= 15 is 0 Å². The van der Waals surface area contributed by atoms with E-state index in [0.29, 0.717) is 0 Å². The van der Waals surface area contributed by atoms with E-state index in [4.69, 9.17) is 19.3 Å². The van der Waals surface area contributed by atoms with Crippen LogP contribution in [0.2, 0.25) is 0 Å². The van der Waals surface area contributed by atoms with Crippen molar-refractivity contribution in [3.63, 3.8) is 0 Å². The second kappa shape index (κ2) is 4.50. The molecule has 0 amide bonds. The summed E-state index contributed by atoms with van der Waals surface area (Å²) >= 11 is 0. The van der Waals surface area contributed by atoms with E-state index in [1.807, 2.05) is 0 Å². The third-order valence-corrected chi connectivity index (χ3v) is 1.75. The quantitative estimate of drug-likeness (QED) is 0.797. The van der Waals surface area contributed by atoms with E-state index in [2.05, 4.69) is 4.98 Å². The molecule has 0 unspecified atom stereocenters. The number of nitrogens with zero attached hydrogens (tertiary/aromatic N) is 1. The zero-order valence-corrected chi connectivity index (χ0v) is 8.60. The Hall–Kier alpha value is -1.98. The van der Waals surface area contributed by atoms with Crippen molar-refractivity contribution in [1.82, 2.24) is 4.98 Å². The van der Waals surface area contributed by atoms with Gasteiger partial charge in [0.05, 0.1) is 21.3 Å². The molecule has 1 aromatic heterocycles. The Balaban J connectivity index is 3.39. The summed E-state index contributed by atoms with van der Waals surface area (Å²) in [5.41, 5.74) is -0.242. The van der Waals surface area contributed by atoms with Crippen LogP contribution in [0.25, 0.3) is 0 Å². The van der Waals surface area contributed by atoms with Crippen molar-refractivity contribution in [3.8, 4) is 17.4 Å². The molecule has 15 heavy (non-hydrogen) atoms. The largest absolute Gasteiger partial charge is 0.493 e. The number of carboxylic acid groups (broad SMARTS) is 1. The predicted molar refractivity (Wildman–Crippen MR) is 50.9 cm³/mol. The van der Waals surface area contributed by atoms with Crippen LogP contribution in [-0.2, 0) is 0 Å². The molecular formula is C9H11NO5. The minimum Gasteiger partial charge on any atom is -0.493 e. The van der Waals surface area contributed by atoms with Crippen LogP contribution in [0.1, 0.15) is 10.5 Å². The summed E-state index contributed by atoms with van der Waals surface area (Å²) in [5, 5.41) is 8.88. The van der Waals surface area contributed by atoms with Gasteiger partial charge in [-0.1, -0.05) is 0 Å². The van der Waals surface area contributed by atoms with Crippen molar-refractivity contribution in [2.24, 2.45) is 0 Å². The number of carboxylic acids is 1. The summed E-state index contributed by atoms with van der Waals surface area (Å²) in [7, 11) is 4.14. The number of aromatic carboxylic acids is 1. The predicted octanol–water partition coefficient (Wildman–Crippen LogP) is 0.806. The Morgan fingerprint density at radius 2 is 1.93 bits per heavy atom. The van der Waals surface area contributed by atoms with Gasteiger partial charge in [-0.2, -0.15) is 0 Å². The van der Waals surface area contributed by atoms with Gasteiger partial charge in [-0.25, -0.2) is 9.78 Å². The third kappa shape index (κ3) is 2.09. The molecule has 82 valence electrons. The van der Waals surface area contributed by atoms with E-state index in [9.17, 15) is 4.79 Å². The first kappa shape index (κ1) is 11.1. The zero-order valence-electron chi connectivity index (χ0n) is 8.60. The molecule has 6 nitrogen and oxygen atoms in total. The maximum Gasteiger partial charge on any atom is 0.358 e. The molecule has 0 radical (unpaired) electrons. The standard InChI is InChI=1S/C9H11NO5/c1-13-5-4-6(14-2)10-7(9(11)12)8(5)15-3/h4H,1-3H3,(H,11,12). The summed E-state index contributed by atoms with van der Waals surface area (Å²) < 4.78 is 14.7. The molecule has 0 bridgehead atoms. The molecule has 0 aliphatic rings. The van der Waals surface area contributed by atoms with Crippen LogP contribution in [0, 0.1) is 0 Å². The average Bonchev–Trinajstić information content (AvgIpc) is 2.26. The minimum absolute atomic E-state index is 0.0748. The van der Waals surface area contributed by atoms with Crippen molar-refractivity contribution in [2.45, 2.75) is 0 Å². The summed E-state index contributed by atoms with van der Waals surface area (Å²) in [6, 6.07) is 1.45. The van der Waals surface area contributed by atoms with E-state index in [1.165, 1.54) is 27.4 Å². The number of hydrogen-bond donors (Lipinski definition) is 1. The van der Waals surface area contributed by atoms with Crippen LogP contribution in [0.5, 0.6) is 17.4 Å². The first-order valence-electron chi connectivity index (χ1n) is 4.04. The Labute approximate surface area is 86.4 Å². The van der Waals surface area contributed by atoms with Gasteiger partial charge < -0.3 is 19.3 Å². The molecule has 0 saturated carbocycles. The molecule has 0 fully saturated rings. The maximum atomic E-state index is 10.9. The van der Waals surface area contributed by atoms with Crippen LogP contribution in [-0.4, -0.2) is 37.4 Å². The Morgan fingerprint density at radius 3 is 2.33 bits per heavy atom. The van der Waals surface area contributed by atoms with E-state index in [1.54, 1.807) is 0 Å². The second-order valence-electron chi connectivity index (χ2n) is 2.55. The van der Waals surface area contributed by atoms with Crippen molar-refractivity contribution in [1.29, 1.82) is 0 Å². The van der Waals surface area contributed by atoms with E-state index < -0.39 is 5.97 Å². The van der Waals surface area contributed by atoms with Gasteiger partial charge in [0.15, 0.2) is 17.2 Å². The SMILES string of the molecule is COc1cc(OC)c(OC)c(C(=O)O)n1. The fraction of sp³-hybridized carbons (Fsp3) is 0.333. The number of ether oxygens (including phenoxy) is 3. The lowest BCUT2D eigenvalue weighted by molar-refractivity contribution is 0.0684. The van der Waals surface area contributed by atoms with E-state index in [-0.39, 0.29) is 23.1 Å². The molecule has 1 aromatic rings. The lowest BCUT2D eigenvalue weighted by Gasteiger charge is -2.10. The van der Waals surface area contributed by atoms with Gasteiger partial charge in [0.2, 0.25) is 5.88 Å². The van der Waals surface area contributed by atoms with Gasteiger partial charge in [-0.05, 0) is 0 Å². The van der Waals surface area contributed by atoms with Crippen molar-refractivity contribution >= 4 is 5.97 Å². The third-order valence-electron chi connectivity index (χ3n) is 1.75. The highest BCUT2D eigenvalue weighted by Gasteiger charge is 2.19. The summed E-state index contributed by atoms with van der Waals surface area (Å²) in [4.78, 5) is 14.6. The van der Waals surface area contributed by atoms with Crippen LogP contribution in [0.15, 0.2) is 6.07 Å². The number of pyridine rings is 1. The molecule has 1 N–H and O–H groups in total. The first-order valence-corrected chi connectivity index (χ1v) is 4.04. The normalized spacial score (nSPS) is 9.53. The molecule has 0 saturated heterocycles. The van der Waals surface area contributed by atoms with Gasteiger partial charge in [-0.15, -0.1) is 0 Å². The van der Waals surface area contributed by atoms with Gasteiger partial charge in [0, 0.05) is 6.07 Å². The van der Waals surface area contributed by atoms with Crippen LogP contribution >= 0.6 is 0 Å². The Morgan fingerprint density at radius 1 is 1.27 bits per heavy atom. The number of carbonyl (C=O) groups is 1. The molecule has 1 heterocycles. The van der Waals surface area contributed by atoms with E-state index in [0.717, 1.165) is 0 Å². The van der Waals surface area contributed by atoms with Gasteiger partial charge in [0.1, 0.15) is 0 Å². The lowest BCUT2D eigenvalue weighted by Crippen LogP contribution is -2.06. The molecule has 0 atom stereocenters. The monoisotopic (exact) mass is 213 g/mol. The summed E-state index contributed by atoms with van der Waals surface area (Å²) in [6.45, 7) is 0. The fourth-order valence-corrected chi connectivity index (χ4v) is 1.09. The van der Waals surface area contributed by atoms with Crippen LogP contribution in [0.4, 0.5) is 0 Å². The summed E-state index contributed by atoms with van der Waals surface area (Å²) in [6.07, 6.45) is 0.